The van der Waals surface area contributed by atoms with E-state index in [0.717, 1.165) is 40.0 Å². The molecule has 32 heavy (non-hydrogen) atoms. The molecule has 0 saturated heterocycles. The van der Waals surface area contributed by atoms with Crippen LogP contribution in [0, 0.1) is 20.2 Å². The molecule has 0 spiro atoms. The number of anilines is 1. The van der Waals surface area contributed by atoms with Gasteiger partial charge in [-0.2, -0.15) is 0 Å². The summed E-state index contributed by atoms with van der Waals surface area (Å²) < 4.78 is 0. The second kappa shape index (κ2) is 8.74. The Balaban J connectivity index is 1.59. The van der Waals surface area contributed by atoms with Gasteiger partial charge in [-0.05, 0) is 12.1 Å². The van der Waals surface area contributed by atoms with Crippen molar-refractivity contribution >= 4 is 34.3 Å². The number of aromatic nitrogens is 1. The summed E-state index contributed by atoms with van der Waals surface area (Å²) in [5.41, 5.74) is 1.68. The minimum absolute atomic E-state index is 0.184. The summed E-state index contributed by atoms with van der Waals surface area (Å²) in [4.78, 5) is 37.8. The zero-order valence-electron chi connectivity index (χ0n) is 16.3. The maximum absolute atomic E-state index is 12.6. The molecule has 0 aliphatic rings. The van der Waals surface area contributed by atoms with Crippen molar-refractivity contribution < 1.29 is 14.6 Å². The number of hydrogen-bond donors (Lipinski definition) is 1. The Kier molecular flexibility index (Phi) is 5.69. The molecule has 0 aliphatic heterocycles. The minimum Gasteiger partial charge on any atom is -0.322 e. The molecule has 1 aromatic heterocycles. The maximum Gasteiger partial charge on any atom is 0.277 e. The fourth-order valence-electron chi connectivity index (χ4n) is 3.02. The fourth-order valence-corrected chi connectivity index (χ4v) is 3.85. The number of benzene rings is 3. The van der Waals surface area contributed by atoms with Crippen LogP contribution in [0.4, 0.5) is 17.1 Å². The first kappa shape index (κ1) is 20.8. The quantitative estimate of drug-likeness (QED) is 0.306. The smallest absolute Gasteiger partial charge is 0.277 e. The van der Waals surface area contributed by atoms with Gasteiger partial charge in [0.05, 0.1) is 27.2 Å². The van der Waals surface area contributed by atoms with Gasteiger partial charge >= 0.3 is 0 Å². The number of non-ortho nitro benzene ring substituents is 2. The van der Waals surface area contributed by atoms with Crippen LogP contribution < -0.4 is 5.32 Å². The van der Waals surface area contributed by atoms with E-state index in [0.29, 0.717) is 5.69 Å². The molecule has 158 valence electrons. The Morgan fingerprint density at radius 2 is 1.50 bits per heavy atom. The average molecular weight is 446 g/mol. The molecular weight excluding hydrogens is 432 g/mol. The zero-order chi connectivity index (χ0) is 22.7. The second-order valence-electron chi connectivity index (χ2n) is 6.69. The van der Waals surface area contributed by atoms with Crippen LogP contribution in [0.5, 0.6) is 0 Å². The SMILES string of the molecule is O=C(Nc1cccc(-c2csc(-c3ccccc3)n2)c1)c1cc([N+](=O)[O-])cc([N+](=O)[O-])c1. The van der Waals surface area contributed by atoms with E-state index >= 15 is 0 Å². The van der Waals surface area contributed by atoms with Gasteiger partial charge < -0.3 is 5.32 Å². The highest BCUT2D eigenvalue weighted by molar-refractivity contribution is 7.13. The number of rotatable bonds is 6. The lowest BCUT2D eigenvalue weighted by Gasteiger charge is -2.07. The summed E-state index contributed by atoms with van der Waals surface area (Å²) >= 11 is 1.50. The number of nitro benzene ring substituents is 2. The standard InChI is InChI=1S/C22H14N4O5S/c27-21(16-10-18(25(28)29)12-19(11-16)26(30)31)23-17-8-4-7-15(9-17)20-13-32-22(24-20)14-5-2-1-3-6-14/h1-13H,(H,23,27). The van der Waals surface area contributed by atoms with Crippen molar-refractivity contribution in [3.8, 4) is 21.8 Å². The number of thiazole rings is 1. The van der Waals surface area contributed by atoms with Crippen LogP contribution in [0.25, 0.3) is 21.8 Å². The largest absolute Gasteiger partial charge is 0.322 e. The van der Waals surface area contributed by atoms with Gasteiger partial charge in [-0.1, -0.05) is 42.5 Å². The van der Waals surface area contributed by atoms with Gasteiger partial charge in [-0.15, -0.1) is 11.3 Å². The van der Waals surface area contributed by atoms with E-state index in [4.69, 9.17) is 0 Å². The normalized spacial score (nSPS) is 10.5. The highest BCUT2D eigenvalue weighted by atomic mass is 32.1. The van der Waals surface area contributed by atoms with E-state index in [1.807, 2.05) is 41.8 Å². The first-order valence-electron chi connectivity index (χ1n) is 9.27. The van der Waals surface area contributed by atoms with Crippen LogP contribution in [0.15, 0.2) is 78.2 Å². The molecule has 0 radical (unpaired) electrons. The van der Waals surface area contributed by atoms with Gasteiger partial charge in [0.15, 0.2) is 0 Å². The third kappa shape index (κ3) is 4.50. The number of carbonyl (C=O) groups excluding carboxylic acids is 1. The molecule has 0 bridgehead atoms. The number of nitrogens with zero attached hydrogens (tertiary/aromatic N) is 3. The Morgan fingerprint density at radius 3 is 2.16 bits per heavy atom. The van der Waals surface area contributed by atoms with Gasteiger partial charge in [-0.25, -0.2) is 4.98 Å². The first-order chi connectivity index (χ1) is 15.4. The van der Waals surface area contributed by atoms with Crippen LogP contribution in [0.3, 0.4) is 0 Å². The molecule has 0 unspecified atom stereocenters. The summed E-state index contributed by atoms with van der Waals surface area (Å²) in [6.07, 6.45) is 0. The fraction of sp³-hybridized carbons (Fsp3) is 0. The minimum atomic E-state index is -0.781. The highest BCUT2D eigenvalue weighted by Crippen LogP contribution is 2.30. The van der Waals surface area contributed by atoms with Crippen molar-refractivity contribution in [1.82, 2.24) is 4.98 Å². The van der Waals surface area contributed by atoms with E-state index in [1.165, 1.54) is 11.3 Å². The van der Waals surface area contributed by atoms with Gasteiger partial charge in [0.1, 0.15) is 5.01 Å². The molecule has 0 atom stereocenters. The molecule has 1 N–H and O–H groups in total. The lowest BCUT2D eigenvalue weighted by molar-refractivity contribution is -0.394. The summed E-state index contributed by atoms with van der Waals surface area (Å²) in [6.45, 7) is 0. The maximum atomic E-state index is 12.6. The Hall–Kier alpha value is -4.44. The summed E-state index contributed by atoms with van der Waals surface area (Å²) in [5.74, 6) is -0.697. The van der Waals surface area contributed by atoms with E-state index in [-0.39, 0.29) is 5.56 Å². The van der Waals surface area contributed by atoms with Crippen LogP contribution in [0.2, 0.25) is 0 Å². The molecule has 9 nitrogen and oxygen atoms in total. The molecule has 0 aliphatic carbocycles. The molecule has 4 rings (SSSR count). The number of hydrogen-bond acceptors (Lipinski definition) is 7. The van der Waals surface area contributed by atoms with Crippen LogP contribution in [-0.4, -0.2) is 20.7 Å². The van der Waals surface area contributed by atoms with Crippen LogP contribution >= 0.6 is 11.3 Å². The summed E-state index contributed by atoms with van der Waals surface area (Å²) in [6, 6.07) is 19.5. The van der Waals surface area contributed by atoms with E-state index in [9.17, 15) is 25.0 Å². The monoisotopic (exact) mass is 446 g/mol. The topological polar surface area (TPSA) is 128 Å². The van der Waals surface area contributed by atoms with E-state index < -0.39 is 27.1 Å². The molecule has 10 heteroatoms. The van der Waals surface area contributed by atoms with Crippen molar-refractivity contribution in [3.05, 3.63) is 104 Å². The van der Waals surface area contributed by atoms with Crippen LogP contribution in [0.1, 0.15) is 10.4 Å². The van der Waals surface area contributed by atoms with Crippen molar-refractivity contribution in [3.63, 3.8) is 0 Å². The molecule has 4 aromatic rings. The molecule has 0 saturated carbocycles. The van der Waals surface area contributed by atoms with Crippen molar-refractivity contribution in [1.29, 1.82) is 0 Å². The van der Waals surface area contributed by atoms with E-state index in [2.05, 4.69) is 10.3 Å². The first-order valence-corrected chi connectivity index (χ1v) is 10.2. The summed E-state index contributed by atoms with van der Waals surface area (Å²) in [7, 11) is 0. The van der Waals surface area contributed by atoms with Crippen molar-refractivity contribution in [2.45, 2.75) is 0 Å². The zero-order valence-corrected chi connectivity index (χ0v) is 17.1. The van der Waals surface area contributed by atoms with Crippen molar-refractivity contribution in [2.24, 2.45) is 0 Å². The Labute approximate surface area is 185 Å². The Bertz CT molecular complexity index is 1300. The molecule has 1 heterocycles. The van der Waals surface area contributed by atoms with Gasteiger partial charge in [0.25, 0.3) is 17.3 Å². The number of nitrogens with one attached hydrogen (secondary N) is 1. The molecule has 1 amide bonds. The highest BCUT2D eigenvalue weighted by Gasteiger charge is 2.20. The second-order valence-corrected chi connectivity index (χ2v) is 7.55. The third-order valence-corrected chi connectivity index (χ3v) is 5.42. The third-order valence-electron chi connectivity index (χ3n) is 4.53. The lowest BCUT2D eigenvalue weighted by atomic mass is 10.1. The predicted molar refractivity (Wildman–Crippen MR) is 121 cm³/mol. The summed E-state index contributed by atoms with van der Waals surface area (Å²) in [5, 5.41) is 27.5. The molecular formula is C22H14N4O5S. The number of nitro groups is 2. The van der Waals surface area contributed by atoms with Crippen LogP contribution in [-0.2, 0) is 0 Å². The van der Waals surface area contributed by atoms with Gasteiger partial charge in [0.2, 0.25) is 0 Å². The lowest BCUT2D eigenvalue weighted by Crippen LogP contribution is -2.12. The predicted octanol–water partition coefficient (Wildman–Crippen LogP) is 5.55. The average Bonchev–Trinajstić information content (AvgIpc) is 3.30. The number of amides is 1. The van der Waals surface area contributed by atoms with Crippen molar-refractivity contribution in [2.75, 3.05) is 5.32 Å². The molecule has 3 aromatic carbocycles. The van der Waals surface area contributed by atoms with E-state index in [1.54, 1.807) is 18.2 Å². The van der Waals surface area contributed by atoms with Gasteiger partial charge in [0, 0.05) is 34.3 Å². The van der Waals surface area contributed by atoms with Gasteiger partial charge in [-0.3, -0.25) is 25.0 Å². The molecule has 0 fully saturated rings. The number of carbonyl (C=O) groups is 1. The Morgan fingerprint density at radius 1 is 0.844 bits per heavy atom.